The predicted molar refractivity (Wildman–Crippen MR) is 95.9 cm³/mol. The molecule has 1 N–H and O–H groups in total. The minimum absolute atomic E-state index is 0.452. The molecule has 6 heteroatoms. The summed E-state index contributed by atoms with van der Waals surface area (Å²) in [7, 11) is 0. The third-order valence-corrected chi connectivity index (χ3v) is 4.05. The summed E-state index contributed by atoms with van der Waals surface area (Å²) in [5, 5.41) is 13.9. The van der Waals surface area contributed by atoms with Crippen LogP contribution in [0.5, 0.6) is 0 Å². The number of H-pyrrole nitrogens is 1. The van der Waals surface area contributed by atoms with Gasteiger partial charge in [0.15, 0.2) is 5.82 Å². The molecule has 0 bridgehead atoms. The van der Waals surface area contributed by atoms with Gasteiger partial charge in [0.2, 0.25) is 4.77 Å². The molecule has 2 heterocycles. The van der Waals surface area contributed by atoms with E-state index in [0.29, 0.717) is 17.0 Å². The Balaban J connectivity index is 1.71. The summed E-state index contributed by atoms with van der Waals surface area (Å²) in [6.07, 6.45) is 3.86. The first-order chi connectivity index (χ1) is 11.8. The molecule has 0 unspecified atom stereocenters. The maximum Gasteiger partial charge on any atom is 0.216 e. The zero-order valence-corrected chi connectivity index (χ0v) is 13.5. The number of hydrogen-bond acceptors (Lipinski definition) is 4. The van der Waals surface area contributed by atoms with E-state index in [1.165, 1.54) is 16.3 Å². The molecule has 0 aliphatic rings. The van der Waals surface area contributed by atoms with E-state index >= 15 is 0 Å². The molecule has 4 aromatic rings. The second-order valence-corrected chi connectivity index (χ2v) is 5.72. The Labute approximate surface area is 143 Å². The summed E-state index contributed by atoms with van der Waals surface area (Å²) < 4.78 is 7.34. The average molecular weight is 334 g/mol. The maximum atomic E-state index is 5.28. The summed E-state index contributed by atoms with van der Waals surface area (Å²) in [6.45, 7) is 0. The first kappa shape index (κ1) is 14.6. The third kappa shape index (κ3) is 2.79. The lowest BCUT2D eigenvalue weighted by Crippen LogP contribution is -2.00. The topological polar surface area (TPSA) is 59.1 Å². The lowest BCUT2D eigenvalue weighted by Gasteiger charge is -2.06. The summed E-state index contributed by atoms with van der Waals surface area (Å²) in [5.74, 6) is 1.41. The van der Waals surface area contributed by atoms with Crippen LogP contribution in [-0.4, -0.2) is 21.1 Å². The molecular formula is C18H14N4OS. The molecule has 2 aromatic heterocycles. The molecule has 0 radical (unpaired) electrons. The standard InChI is InChI=1S/C18H14N4OS/c24-18-21-20-17(22(18)19-12-15-8-4-10-23-15)11-14-7-3-6-13-5-1-2-9-16(13)14/h1-10,12H,11H2,(H,21,24)/b19-12+. The number of rotatable bonds is 4. The number of aromatic nitrogens is 3. The fraction of sp³-hybridized carbons (Fsp3) is 0.0556. The predicted octanol–water partition coefficient (Wildman–Crippen LogP) is 4.16. The highest BCUT2D eigenvalue weighted by molar-refractivity contribution is 7.71. The maximum absolute atomic E-state index is 5.28. The molecule has 5 nitrogen and oxygen atoms in total. The SMILES string of the molecule is S=c1[nH]nc(Cc2cccc3ccccc23)n1/N=C/c1ccco1. The quantitative estimate of drug-likeness (QED) is 0.450. The molecule has 0 aliphatic carbocycles. The molecule has 0 amide bonds. The van der Waals surface area contributed by atoms with Gasteiger partial charge in [0.05, 0.1) is 12.5 Å². The fourth-order valence-corrected chi connectivity index (χ4v) is 2.85. The Hall–Kier alpha value is -2.99. The van der Waals surface area contributed by atoms with Crippen molar-refractivity contribution in [3.05, 3.63) is 82.8 Å². The van der Waals surface area contributed by atoms with Gasteiger partial charge in [0, 0.05) is 6.42 Å². The van der Waals surface area contributed by atoms with E-state index < -0.39 is 0 Å². The summed E-state index contributed by atoms with van der Waals surface area (Å²) >= 11 is 5.28. The van der Waals surface area contributed by atoms with Crippen LogP contribution in [0.1, 0.15) is 17.1 Å². The van der Waals surface area contributed by atoms with Crippen LogP contribution >= 0.6 is 12.2 Å². The van der Waals surface area contributed by atoms with Gasteiger partial charge in [-0.15, -0.1) is 0 Å². The summed E-state index contributed by atoms with van der Waals surface area (Å²) in [6, 6.07) is 18.2. The molecule has 0 saturated carbocycles. The Kier molecular flexibility index (Phi) is 3.80. The summed E-state index contributed by atoms with van der Waals surface area (Å²) in [4.78, 5) is 0. The average Bonchev–Trinajstić information content (AvgIpc) is 3.24. The van der Waals surface area contributed by atoms with Crippen LogP contribution in [0.25, 0.3) is 10.8 Å². The van der Waals surface area contributed by atoms with Crippen LogP contribution in [0.3, 0.4) is 0 Å². The van der Waals surface area contributed by atoms with Gasteiger partial charge in [-0.2, -0.15) is 14.9 Å². The normalized spacial score (nSPS) is 11.5. The molecule has 0 saturated heterocycles. The molecule has 0 atom stereocenters. The molecular weight excluding hydrogens is 320 g/mol. The third-order valence-electron chi connectivity index (χ3n) is 3.79. The largest absolute Gasteiger partial charge is 0.463 e. The molecule has 118 valence electrons. The van der Waals surface area contributed by atoms with Crippen LogP contribution in [0, 0.1) is 4.77 Å². The van der Waals surface area contributed by atoms with Crippen molar-refractivity contribution in [2.75, 3.05) is 0 Å². The van der Waals surface area contributed by atoms with Crippen molar-refractivity contribution in [2.45, 2.75) is 6.42 Å². The zero-order chi connectivity index (χ0) is 16.4. The van der Waals surface area contributed by atoms with E-state index in [4.69, 9.17) is 16.6 Å². The van der Waals surface area contributed by atoms with Crippen molar-refractivity contribution in [1.29, 1.82) is 0 Å². The number of nitrogens with one attached hydrogen (secondary N) is 1. The molecule has 0 aliphatic heterocycles. The van der Waals surface area contributed by atoms with Gasteiger partial charge in [0.25, 0.3) is 0 Å². The van der Waals surface area contributed by atoms with E-state index in [0.717, 1.165) is 5.82 Å². The van der Waals surface area contributed by atoms with Gasteiger partial charge in [-0.05, 0) is 40.7 Å². The fourth-order valence-electron chi connectivity index (χ4n) is 2.65. The number of aromatic amines is 1. The van der Waals surface area contributed by atoms with Crippen molar-refractivity contribution in [2.24, 2.45) is 5.10 Å². The van der Waals surface area contributed by atoms with Crippen molar-refractivity contribution in [1.82, 2.24) is 14.9 Å². The monoisotopic (exact) mass is 334 g/mol. The number of fused-ring (bicyclic) bond motifs is 1. The molecule has 0 fully saturated rings. The van der Waals surface area contributed by atoms with Crippen LogP contribution in [0.2, 0.25) is 0 Å². The van der Waals surface area contributed by atoms with Crippen LogP contribution in [0.15, 0.2) is 70.4 Å². The first-order valence-electron chi connectivity index (χ1n) is 7.52. The van der Waals surface area contributed by atoms with Crippen molar-refractivity contribution in [3.8, 4) is 0 Å². The van der Waals surface area contributed by atoms with Gasteiger partial charge in [-0.3, -0.25) is 5.10 Å². The van der Waals surface area contributed by atoms with E-state index in [9.17, 15) is 0 Å². The van der Waals surface area contributed by atoms with E-state index in [2.05, 4.69) is 45.6 Å². The number of furan rings is 1. The second kappa shape index (κ2) is 6.25. The number of benzene rings is 2. The summed E-state index contributed by atoms with van der Waals surface area (Å²) in [5.41, 5.74) is 1.18. The highest BCUT2D eigenvalue weighted by Gasteiger charge is 2.09. The highest BCUT2D eigenvalue weighted by atomic mass is 32.1. The molecule has 4 rings (SSSR count). The Morgan fingerprint density at radius 2 is 2.00 bits per heavy atom. The number of hydrogen-bond donors (Lipinski definition) is 1. The van der Waals surface area contributed by atoms with Crippen LogP contribution in [-0.2, 0) is 6.42 Å². The Morgan fingerprint density at radius 1 is 1.12 bits per heavy atom. The van der Waals surface area contributed by atoms with Gasteiger partial charge in [-0.25, -0.2) is 0 Å². The second-order valence-electron chi connectivity index (χ2n) is 5.33. The first-order valence-corrected chi connectivity index (χ1v) is 7.93. The van der Waals surface area contributed by atoms with Crippen molar-refractivity contribution in [3.63, 3.8) is 0 Å². The number of nitrogens with zero attached hydrogens (tertiary/aromatic N) is 3. The molecule has 0 spiro atoms. The van der Waals surface area contributed by atoms with Gasteiger partial charge in [0.1, 0.15) is 5.76 Å². The minimum Gasteiger partial charge on any atom is -0.463 e. The van der Waals surface area contributed by atoms with E-state index in [1.54, 1.807) is 17.2 Å². The zero-order valence-electron chi connectivity index (χ0n) is 12.7. The van der Waals surface area contributed by atoms with Crippen LogP contribution < -0.4 is 0 Å². The van der Waals surface area contributed by atoms with Crippen LogP contribution in [0.4, 0.5) is 0 Å². The van der Waals surface area contributed by atoms with Gasteiger partial charge in [-0.1, -0.05) is 42.5 Å². The van der Waals surface area contributed by atoms with E-state index in [1.807, 2.05) is 24.3 Å². The molecule has 2 aromatic carbocycles. The lowest BCUT2D eigenvalue weighted by molar-refractivity contribution is 0.559. The Morgan fingerprint density at radius 3 is 2.88 bits per heavy atom. The van der Waals surface area contributed by atoms with Crippen molar-refractivity contribution >= 4 is 29.2 Å². The Bertz CT molecular complexity index is 1050. The van der Waals surface area contributed by atoms with Gasteiger partial charge < -0.3 is 4.42 Å². The highest BCUT2D eigenvalue weighted by Crippen LogP contribution is 2.20. The smallest absolute Gasteiger partial charge is 0.216 e. The minimum atomic E-state index is 0.452. The van der Waals surface area contributed by atoms with Gasteiger partial charge >= 0.3 is 0 Å². The lowest BCUT2D eigenvalue weighted by atomic mass is 10.0. The van der Waals surface area contributed by atoms with Crippen molar-refractivity contribution < 1.29 is 4.42 Å². The molecule has 24 heavy (non-hydrogen) atoms. The van der Waals surface area contributed by atoms with E-state index in [-0.39, 0.29) is 0 Å².